The van der Waals surface area contributed by atoms with Crippen LogP contribution in [0.25, 0.3) is 0 Å². The van der Waals surface area contributed by atoms with Crippen LogP contribution in [-0.4, -0.2) is 9.97 Å². The van der Waals surface area contributed by atoms with Gasteiger partial charge in [-0.25, -0.2) is 4.79 Å². The highest BCUT2D eigenvalue weighted by Crippen LogP contribution is 2.33. The summed E-state index contributed by atoms with van der Waals surface area (Å²) in [6.07, 6.45) is -3.05. The van der Waals surface area contributed by atoms with Crippen molar-refractivity contribution in [2.24, 2.45) is 0 Å². The van der Waals surface area contributed by atoms with Gasteiger partial charge in [0.25, 0.3) is 0 Å². The molecule has 14 heavy (non-hydrogen) atoms. The van der Waals surface area contributed by atoms with E-state index < -0.39 is 17.6 Å². The average molecular weight is 204 g/mol. The Hall–Kier alpha value is -1.33. The first-order chi connectivity index (χ1) is 6.48. The fourth-order valence-electron chi connectivity index (χ4n) is 1.70. The van der Waals surface area contributed by atoms with E-state index in [9.17, 15) is 18.0 Å². The van der Waals surface area contributed by atoms with Crippen molar-refractivity contribution < 1.29 is 13.2 Å². The molecule has 0 saturated carbocycles. The van der Waals surface area contributed by atoms with Crippen molar-refractivity contribution in [2.75, 3.05) is 0 Å². The first-order valence-corrected chi connectivity index (χ1v) is 4.18. The lowest BCUT2D eigenvalue weighted by Gasteiger charge is -2.09. The molecule has 0 saturated heterocycles. The minimum atomic E-state index is -4.53. The summed E-state index contributed by atoms with van der Waals surface area (Å²) in [6, 6.07) is 0. The molecule has 0 fully saturated rings. The van der Waals surface area contributed by atoms with Gasteiger partial charge in [-0.3, -0.25) is 0 Å². The Labute approximate surface area is 77.0 Å². The van der Waals surface area contributed by atoms with E-state index in [2.05, 4.69) is 9.97 Å². The molecule has 76 valence electrons. The van der Waals surface area contributed by atoms with Gasteiger partial charge in [0, 0.05) is 11.3 Å². The van der Waals surface area contributed by atoms with Crippen LogP contribution in [0.5, 0.6) is 0 Å². The topological polar surface area (TPSA) is 45.8 Å². The molecule has 0 aromatic carbocycles. The number of alkyl halides is 3. The molecule has 3 nitrogen and oxygen atoms in total. The molecule has 0 atom stereocenters. The van der Waals surface area contributed by atoms with Crippen LogP contribution in [0.15, 0.2) is 4.79 Å². The largest absolute Gasteiger partial charge is 0.433 e. The Bertz CT molecular complexity index is 422. The second kappa shape index (κ2) is 2.83. The predicted molar refractivity (Wildman–Crippen MR) is 41.9 cm³/mol. The number of aryl methyl sites for hydroxylation is 1. The predicted octanol–water partition coefficient (Wildman–Crippen LogP) is 1.28. The number of aromatic nitrogens is 2. The van der Waals surface area contributed by atoms with Gasteiger partial charge >= 0.3 is 11.9 Å². The van der Waals surface area contributed by atoms with E-state index in [1.165, 1.54) is 0 Å². The lowest BCUT2D eigenvalue weighted by Crippen LogP contribution is -2.22. The van der Waals surface area contributed by atoms with E-state index >= 15 is 0 Å². The Morgan fingerprint density at radius 3 is 2.64 bits per heavy atom. The first-order valence-electron chi connectivity index (χ1n) is 4.18. The second-order valence-electron chi connectivity index (χ2n) is 3.20. The van der Waals surface area contributed by atoms with Crippen LogP contribution in [0.1, 0.15) is 23.4 Å². The smallest absolute Gasteiger partial charge is 0.310 e. The van der Waals surface area contributed by atoms with Crippen LogP contribution in [-0.2, 0) is 19.0 Å². The maximum Gasteiger partial charge on any atom is 0.433 e. The molecular weight excluding hydrogens is 197 g/mol. The molecule has 0 radical (unpaired) electrons. The normalized spacial score (nSPS) is 15.6. The van der Waals surface area contributed by atoms with Crippen molar-refractivity contribution in [3.05, 3.63) is 27.4 Å². The van der Waals surface area contributed by atoms with Crippen molar-refractivity contribution in [1.29, 1.82) is 0 Å². The van der Waals surface area contributed by atoms with E-state index in [-0.39, 0.29) is 5.56 Å². The van der Waals surface area contributed by atoms with Gasteiger partial charge in [0.05, 0.1) is 0 Å². The van der Waals surface area contributed by atoms with Crippen LogP contribution in [0.4, 0.5) is 13.2 Å². The molecule has 1 aromatic rings. The van der Waals surface area contributed by atoms with E-state index in [4.69, 9.17) is 0 Å². The molecule has 6 heteroatoms. The third kappa shape index (κ3) is 1.40. The third-order valence-electron chi connectivity index (χ3n) is 2.24. The monoisotopic (exact) mass is 204 g/mol. The zero-order valence-electron chi connectivity index (χ0n) is 7.11. The van der Waals surface area contributed by atoms with Gasteiger partial charge in [-0.1, -0.05) is 0 Å². The zero-order valence-corrected chi connectivity index (χ0v) is 7.11. The summed E-state index contributed by atoms with van der Waals surface area (Å²) < 4.78 is 37.2. The van der Waals surface area contributed by atoms with Crippen LogP contribution in [0, 0.1) is 0 Å². The van der Waals surface area contributed by atoms with Crippen LogP contribution >= 0.6 is 0 Å². The highest BCUT2D eigenvalue weighted by Gasteiger charge is 2.37. The van der Waals surface area contributed by atoms with E-state index in [1.54, 1.807) is 0 Å². The van der Waals surface area contributed by atoms with Gasteiger partial charge in [-0.2, -0.15) is 18.2 Å². The highest BCUT2D eigenvalue weighted by atomic mass is 19.4. The summed E-state index contributed by atoms with van der Waals surface area (Å²) in [4.78, 5) is 16.1. The molecule has 0 bridgehead atoms. The van der Waals surface area contributed by atoms with Gasteiger partial charge in [-0.05, 0) is 19.3 Å². The second-order valence-corrected chi connectivity index (χ2v) is 3.20. The minimum Gasteiger partial charge on any atom is -0.310 e. The molecule has 2 rings (SSSR count). The number of aromatic amines is 1. The minimum absolute atomic E-state index is 0.150. The SMILES string of the molecule is O=c1nc(C(F)(F)F)c2c([nH]1)CCC2. The maximum absolute atomic E-state index is 12.4. The number of H-pyrrole nitrogens is 1. The van der Waals surface area contributed by atoms with Crippen molar-refractivity contribution in [2.45, 2.75) is 25.4 Å². The summed E-state index contributed by atoms with van der Waals surface area (Å²) in [5.41, 5.74) is -1.40. The fraction of sp³-hybridized carbons (Fsp3) is 0.500. The molecule has 1 aliphatic rings. The number of hydrogen-bond donors (Lipinski definition) is 1. The van der Waals surface area contributed by atoms with Gasteiger partial charge in [0.15, 0.2) is 5.69 Å². The summed E-state index contributed by atoms with van der Waals surface area (Å²) in [5, 5.41) is 0. The molecule has 1 N–H and O–H groups in total. The number of hydrogen-bond acceptors (Lipinski definition) is 2. The van der Waals surface area contributed by atoms with Crippen molar-refractivity contribution in [3.8, 4) is 0 Å². The maximum atomic E-state index is 12.4. The lowest BCUT2D eigenvalue weighted by atomic mass is 10.2. The third-order valence-corrected chi connectivity index (χ3v) is 2.24. The van der Waals surface area contributed by atoms with Gasteiger partial charge < -0.3 is 4.98 Å². The molecule has 1 aromatic heterocycles. The van der Waals surface area contributed by atoms with E-state index in [0.717, 1.165) is 0 Å². The summed E-state index contributed by atoms with van der Waals surface area (Å²) in [5.74, 6) is 0. The molecular formula is C8H7F3N2O. The van der Waals surface area contributed by atoms with E-state index in [0.29, 0.717) is 25.0 Å². The Morgan fingerprint density at radius 2 is 2.00 bits per heavy atom. The lowest BCUT2D eigenvalue weighted by molar-refractivity contribution is -0.142. The van der Waals surface area contributed by atoms with Crippen molar-refractivity contribution in [3.63, 3.8) is 0 Å². The number of nitrogens with zero attached hydrogens (tertiary/aromatic N) is 1. The number of halogens is 3. The van der Waals surface area contributed by atoms with Crippen LogP contribution in [0.2, 0.25) is 0 Å². The van der Waals surface area contributed by atoms with Crippen LogP contribution < -0.4 is 5.69 Å². The standard InChI is InChI=1S/C8H7F3N2O/c9-8(10,11)6-4-2-1-3-5(4)12-7(14)13-6/h1-3H2,(H,12,13,14). The zero-order chi connectivity index (χ0) is 10.3. The first kappa shape index (κ1) is 9.23. The molecule has 0 amide bonds. The molecule has 0 unspecified atom stereocenters. The Morgan fingerprint density at radius 1 is 1.29 bits per heavy atom. The molecule has 1 heterocycles. The van der Waals surface area contributed by atoms with Gasteiger partial charge in [0.2, 0.25) is 0 Å². The Balaban J connectivity index is 2.66. The Kier molecular flexibility index (Phi) is 1.87. The van der Waals surface area contributed by atoms with Crippen molar-refractivity contribution in [1.82, 2.24) is 9.97 Å². The fourth-order valence-corrected chi connectivity index (χ4v) is 1.70. The number of nitrogens with one attached hydrogen (secondary N) is 1. The van der Waals surface area contributed by atoms with Gasteiger partial charge in [-0.15, -0.1) is 0 Å². The summed E-state index contributed by atoms with van der Waals surface area (Å²) in [7, 11) is 0. The number of rotatable bonds is 0. The number of fused-ring (bicyclic) bond motifs is 1. The summed E-state index contributed by atoms with van der Waals surface area (Å²) >= 11 is 0. The summed E-state index contributed by atoms with van der Waals surface area (Å²) in [6.45, 7) is 0. The van der Waals surface area contributed by atoms with Gasteiger partial charge in [0.1, 0.15) is 0 Å². The molecule has 1 aliphatic carbocycles. The molecule has 0 aliphatic heterocycles. The quantitative estimate of drug-likeness (QED) is 0.691. The van der Waals surface area contributed by atoms with E-state index in [1.807, 2.05) is 0 Å². The van der Waals surface area contributed by atoms with Crippen molar-refractivity contribution >= 4 is 0 Å². The highest BCUT2D eigenvalue weighted by molar-refractivity contribution is 5.30. The molecule has 0 spiro atoms. The average Bonchev–Trinajstić information content (AvgIpc) is 2.47. The van der Waals surface area contributed by atoms with Crippen LogP contribution in [0.3, 0.4) is 0 Å².